The van der Waals surface area contributed by atoms with Gasteiger partial charge in [0.1, 0.15) is 11.5 Å². The van der Waals surface area contributed by atoms with Crippen molar-refractivity contribution >= 4 is 12.2 Å². The van der Waals surface area contributed by atoms with Crippen molar-refractivity contribution in [2.24, 2.45) is 4.99 Å². The molecule has 7 heteroatoms. The van der Waals surface area contributed by atoms with E-state index in [-0.39, 0.29) is 11.5 Å². The molecule has 7 nitrogen and oxygen atoms in total. The number of aliphatic imine (C=N–C) groups is 1. The number of imidazole rings is 1. The Labute approximate surface area is 107 Å². The minimum atomic E-state index is -1.14. The van der Waals surface area contributed by atoms with E-state index in [1.807, 2.05) is 0 Å². The van der Waals surface area contributed by atoms with Crippen LogP contribution in [0.4, 0.5) is 0 Å². The van der Waals surface area contributed by atoms with Gasteiger partial charge in [0.2, 0.25) is 0 Å². The highest BCUT2D eigenvalue weighted by Crippen LogP contribution is 2.22. The topological polar surface area (TPSA) is 119 Å². The second kappa shape index (κ2) is 5.21. The molecule has 0 saturated heterocycles. The zero-order valence-electron chi connectivity index (χ0n) is 9.69. The van der Waals surface area contributed by atoms with Crippen LogP contribution in [0.5, 0.6) is 11.5 Å². The minimum Gasteiger partial charge on any atom is -0.508 e. The minimum absolute atomic E-state index is 0.0852. The van der Waals surface area contributed by atoms with Gasteiger partial charge in [0, 0.05) is 17.8 Å². The van der Waals surface area contributed by atoms with E-state index in [9.17, 15) is 9.90 Å². The number of aromatic nitrogens is 2. The molecule has 0 aliphatic heterocycles. The summed E-state index contributed by atoms with van der Waals surface area (Å²) >= 11 is 0. The molecular formula is C12H11N3O4. The Bertz CT molecular complexity index is 607. The Morgan fingerprint density at radius 2 is 2.21 bits per heavy atom. The predicted octanol–water partition coefficient (Wildman–Crippen LogP) is 1.07. The molecule has 1 atom stereocenters. The van der Waals surface area contributed by atoms with E-state index in [2.05, 4.69) is 15.0 Å². The molecular weight excluding hydrogens is 250 g/mol. The average Bonchev–Trinajstić information content (AvgIpc) is 2.85. The molecule has 0 aliphatic carbocycles. The number of aliphatic carboxylic acids is 1. The molecule has 0 fully saturated rings. The van der Waals surface area contributed by atoms with Gasteiger partial charge in [-0.15, -0.1) is 0 Å². The smallest absolute Gasteiger partial charge is 0.334 e. The summed E-state index contributed by atoms with van der Waals surface area (Å²) in [6, 6.07) is 2.82. The van der Waals surface area contributed by atoms with E-state index >= 15 is 0 Å². The van der Waals surface area contributed by atoms with Crippen LogP contribution in [-0.2, 0) is 4.79 Å². The molecule has 0 aliphatic rings. The summed E-state index contributed by atoms with van der Waals surface area (Å²) in [6.45, 7) is 0. The summed E-state index contributed by atoms with van der Waals surface area (Å²) in [6.07, 6.45) is 3.96. The lowest BCUT2D eigenvalue weighted by molar-refractivity contribution is -0.138. The summed E-state index contributed by atoms with van der Waals surface area (Å²) < 4.78 is 0. The summed E-state index contributed by atoms with van der Waals surface area (Å²) in [5.74, 6) is -1.41. The first kappa shape index (κ1) is 12.6. The fourth-order valence-corrected chi connectivity index (χ4v) is 1.49. The molecule has 1 unspecified atom stereocenters. The maximum atomic E-state index is 11.1. The number of rotatable bonds is 4. The zero-order chi connectivity index (χ0) is 13.8. The van der Waals surface area contributed by atoms with Crippen molar-refractivity contribution in [3.63, 3.8) is 0 Å². The standard InChI is InChI=1S/C12H11N3O4/c16-8-2-1-7(10(17)3-8)4-14-11(12(18)19)9-5-13-6-15-9/h1-6,11,16-17H,(H,13,15)(H,18,19). The van der Waals surface area contributed by atoms with Gasteiger partial charge < -0.3 is 20.3 Å². The van der Waals surface area contributed by atoms with E-state index in [1.165, 1.54) is 30.9 Å². The van der Waals surface area contributed by atoms with Crippen LogP contribution in [0.25, 0.3) is 0 Å². The highest BCUT2D eigenvalue weighted by Gasteiger charge is 2.19. The highest BCUT2D eigenvalue weighted by atomic mass is 16.4. The van der Waals surface area contributed by atoms with Gasteiger partial charge in [0.25, 0.3) is 0 Å². The van der Waals surface area contributed by atoms with Crippen LogP contribution in [0, 0.1) is 0 Å². The Kier molecular flexibility index (Phi) is 3.46. The number of carboxylic acids is 1. The monoisotopic (exact) mass is 261 g/mol. The van der Waals surface area contributed by atoms with Crippen molar-refractivity contribution in [3.05, 3.63) is 42.0 Å². The third-order valence-electron chi connectivity index (χ3n) is 2.42. The van der Waals surface area contributed by atoms with Crippen LogP contribution in [0.3, 0.4) is 0 Å². The van der Waals surface area contributed by atoms with Crippen molar-refractivity contribution in [2.75, 3.05) is 0 Å². The van der Waals surface area contributed by atoms with E-state index in [1.54, 1.807) is 0 Å². The Balaban J connectivity index is 2.26. The van der Waals surface area contributed by atoms with Crippen LogP contribution in [0.15, 0.2) is 35.7 Å². The Morgan fingerprint density at radius 1 is 1.42 bits per heavy atom. The second-order valence-corrected chi connectivity index (χ2v) is 3.77. The molecule has 98 valence electrons. The summed E-state index contributed by atoms with van der Waals surface area (Å²) in [4.78, 5) is 21.4. The SMILES string of the molecule is O=C(O)C(N=Cc1ccc(O)cc1O)c1cnc[nH]1. The maximum Gasteiger partial charge on any atom is 0.334 e. The predicted molar refractivity (Wildman–Crippen MR) is 66.3 cm³/mol. The molecule has 0 radical (unpaired) electrons. The van der Waals surface area contributed by atoms with E-state index in [0.717, 1.165) is 6.07 Å². The van der Waals surface area contributed by atoms with Gasteiger partial charge in [0.15, 0.2) is 6.04 Å². The van der Waals surface area contributed by atoms with Crippen LogP contribution >= 0.6 is 0 Å². The maximum absolute atomic E-state index is 11.1. The molecule has 4 N–H and O–H groups in total. The summed E-state index contributed by atoms with van der Waals surface area (Å²) in [5.41, 5.74) is 0.644. The first-order valence-corrected chi connectivity index (χ1v) is 5.34. The van der Waals surface area contributed by atoms with Crippen LogP contribution in [-0.4, -0.2) is 37.5 Å². The fraction of sp³-hybridized carbons (Fsp3) is 0.0833. The molecule has 19 heavy (non-hydrogen) atoms. The Morgan fingerprint density at radius 3 is 2.79 bits per heavy atom. The molecule has 1 heterocycles. The van der Waals surface area contributed by atoms with E-state index in [4.69, 9.17) is 10.2 Å². The van der Waals surface area contributed by atoms with Crippen LogP contribution < -0.4 is 0 Å². The fourth-order valence-electron chi connectivity index (χ4n) is 1.49. The van der Waals surface area contributed by atoms with Crippen molar-refractivity contribution < 1.29 is 20.1 Å². The first-order valence-electron chi connectivity index (χ1n) is 5.34. The first-order chi connectivity index (χ1) is 9.08. The molecule has 0 saturated carbocycles. The lowest BCUT2D eigenvalue weighted by atomic mass is 10.2. The number of phenols is 2. The van der Waals surface area contributed by atoms with Crippen LogP contribution in [0.2, 0.25) is 0 Å². The number of nitrogens with one attached hydrogen (secondary N) is 1. The van der Waals surface area contributed by atoms with Crippen LogP contribution in [0.1, 0.15) is 17.3 Å². The van der Waals surface area contributed by atoms with Crippen molar-refractivity contribution in [2.45, 2.75) is 6.04 Å². The zero-order valence-corrected chi connectivity index (χ0v) is 9.69. The number of carboxylic acid groups (broad SMARTS) is 1. The van der Waals surface area contributed by atoms with Gasteiger partial charge in [-0.3, -0.25) is 4.99 Å². The second-order valence-electron chi connectivity index (χ2n) is 3.77. The van der Waals surface area contributed by atoms with Crippen molar-refractivity contribution in [3.8, 4) is 11.5 Å². The molecule has 2 aromatic rings. The van der Waals surface area contributed by atoms with Gasteiger partial charge in [-0.05, 0) is 12.1 Å². The molecule has 0 bridgehead atoms. The number of benzene rings is 1. The lowest BCUT2D eigenvalue weighted by Gasteiger charge is -2.05. The number of carbonyl (C=O) groups is 1. The number of aromatic hydroxyl groups is 2. The number of hydrogen-bond acceptors (Lipinski definition) is 5. The molecule has 0 spiro atoms. The highest BCUT2D eigenvalue weighted by molar-refractivity contribution is 5.86. The van der Waals surface area contributed by atoms with Gasteiger partial charge >= 0.3 is 5.97 Å². The third-order valence-corrected chi connectivity index (χ3v) is 2.42. The summed E-state index contributed by atoms with van der Waals surface area (Å²) in [7, 11) is 0. The number of hydrogen-bond donors (Lipinski definition) is 4. The van der Waals surface area contributed by atoms with Gasteiger partial charge in [-0.1, -0.05) is 0 Å². The van der Waals surface area contributed by atoms with Crippen molar-refractivity contribution in [1.29, 1.82) is 0 Å². The number of aromatic amines is 1. The Hall–Kier alpha value is -2.83. The third kappa shape index (κ3) is 2.89. The van der Waals surface area contributed by atoms with Gasteiger partial charge in [-0.25, -0.2) is 9.78 Å². The normalized spacial score (nSPS) is 12.6. The number of H-pyrrole nitrogens is 1. The summed E-state index contributed by atoms with van der Waals surface area (Å²) in [5, 5.41) is 27.8. The molecule has 1 aromatic carbocycles. The average molecular weight is 261 g/mol. The number of nitrogens with zero attached hydrogens (tertiary/aromatic N) is 2. The molecule has 2 rings (SSSR count). The lowest BCUT2D eigenvalue weighted by Crippen LogP contribution is -2.10. The van der Waals surface area contributed by atoms with Gasteiger partial charge in [-0.2, -0.15) is 0 Å². The largest absolute Gasteiger partial charge is 0.508 e. The van der Waals surface area contributed by atoms with E-state index in [0.29, 0.717) is 11.3 Å². The molecule has 1 aromatic heterocycles. The number of phenolic OH excluding ortho intramolecular Hbond substituents is 2. The van der Waals surface area contributed by atoms with Gasteiger partial charge in [0.05, 0.1) is 18.2 Å². The molecule has 0 amide bonds. The van der Waals surface area contributed by atoms with Crippen molar-refractivity contribution in [1.82, 2.24) is 9.97 Å². The van der Waals surface area contributed by atoms with E-state index < -0.39 is 12.0 Å². The quantitative estimate of drug-likeness (QED) is 0.614.